The molecule has 16 heavy (non-hydrogen) atoms. The van der Waals surface area contributed by atoms with Crippen molar-refractivity contribution in [3.05, 3.63) is 40.8 Å². The van der Waals surface area contributed by atoms with Gasteiger partial charge >= 0.3 is 0 Å². The maximum atomic E-state index is 13.4. The van der Waals surface area contributed by atoms with Crippen molar-refractivity contribution < 1.29 is 9.13 Å². The average Bonchev–Trinajstić information content (AvgIpc) is 2.32. The molecule has 0 spiro atoms. The number of benzene rings is 1. The highest BCUT2D eigenvalue weighted by molar-refractivity contribution is 9.10. The molecule has 0 fully saturated rings. The summed E-state index contributed by atoms with van der Waals surface area (Å²) in [4.78, 5) is 0. The molecule has 1 aromatic rings. The van der Waals surface area contributed by atoms with E-state index in [2.05, 4.69) is 21.2 Å². The van der Waals surface area contributed by atoms with E-state index in [1.807, 2.05) is 6.08 Å². The molecule has 1 atom stereocenters. The van der Waals surface area contributed by atoms with Crippen LogP contribution >= 0.6 is 15.9 Å². The fourth-order valence-electron chi connectivity index (χ4n) is 1.59. The topological polar surface area (TPSA) is 21.3 Å². The molecule has 4 heteroatoms. The van der Waals surface area contributed by atoms with Gasteiger partial charge in [-0.2, -0.15) is 0 Å². The summed E-state index contributed by atoms with van der Waals surface area (Å²) in [6, 6.07) is 4.85. The normalized spacial score (nSPS) is 19.2. The summed E-state index contributed by atoms with van der Waals surface area (Å²) >= 11 is 3.31. The molecule has 0 saturated carbocycles. The lowest BCUT2D eigenvalue weighted by atomic mass is 10.1. The first kappa shape index (κ1) is 11.5. The van der Waals surface area contributed by atoms with Crippen LogP contribution in [0, 0.1) is 5.82 Å². The van der Waals surface area contributed by atoms with E-state index in [1.54, 1.807) is 18.4 Å². The second kappa shape index (κ2) is 5.34. The Morgan fingerprint density at radius 3 is 3.12 bits per heavy atom. The molecule has 1 heterocycles. The molecule has 1 aliphatic rings. The second-order valence-corrected chi connectivity index (χ2v) is 4.63. The summed E-state index contributed by atoms with van der Waals surface area (Å²) in [6.45, 7) is 0.623. The van der Waals surface area contributed by atoms with Crippen LogP contribution in [0.15, 0.2) is 35.0 Å². The third-order valence-electron chi connectivity index (χ3n) is 2.47. The number of hydrogen-bond acceptors (Lipinski definition) is 2. The van der Waals surface area contributed by atoms with Crippen LogP contribution in [0.25, 0.3) is 0 Å². The number of hydrogen-bond donors (Lipinski definition) is 1. The van der Waals surface area contributed by atoms with E-state index < -0.39 is 0 Å². The summed E-state index contributed by atoms with van der Waals surface area (Å²) in [5, 5.41) is 3.06. The highest BCUT2D eigenvalue weighted by Gasteiger charge is 2.11. The predicted molar refractivity (Wildman–Crippen MR) is 65.8 cm³/mol. The zero-order valence-electron chi connectivity index (χ0n) is 8.75. The van der Waals surface area contributed by atoms with Gasteiger partial charge in [0.25, 0.3) is 0 Å². The molecule has 0 amide bonds. The molecule has 0 aliphatic carbocycles. The minimum Gasteiger partial charge on any atom is -0.497 e. The van der Waals surface area contributed by atoms with Crippen molar-refractivity contribution in [2.75, 3.05) is 11.9 Å². The summed E-state index contributed by atoms with van der Waals surface area (Å²) in [5.41, 5.74) is 0.507. The maximum absolute atomic E-state index is 13.4. The van der Waals surface area contributed by atoms with Crippen LogP contribution in [0.1, 0.15) is 12.8 Å². The summed E-state index contributed by atoms with van der Waals surface area (Å²) in [7, 11) is 0. The summed E-state index contributed by atoms with van der Waals surface area (Å²) < 4.78 is 19.6. The van der Waals surface area contributed by atoms with E-state index in [0.717, 1.165) is 17.3 Å². The fraction of sp³-hybridized carbons (Fsp3) is 0.333. The van der Waals surface area contributed by atoms with Crippen LogP contribution in [-0.2, 0) is 4.74 Å². The van der Waals surface area contributed by atoms with Gasteiger partial charge in [-0.15, -0.1) is 0 Å². The molecule has 1 N–H and O–H groups in total. The lowest BCUT2D eigenvalue weighted by Crippen LogP contribution is -2.23. The van der Waals surface area contributed by atoms with Crippen molar-refractivity contribution >= 4 is 21.6 Å². The number of halogens is 2. The van der Waals surface area contributed by atoms with E-state index in [1.165, 1.54) is 6.07 Å². The van der Waals surface area contributed by atoms with Crippen LogP contribution in [0.5, 0.6) is 0 Å². The molecule has 1 aromatic carbocycles. The van der Waals surface area contributed by atoms with Gasteiger partial charge < -0.3 is 10.1 Å². The number of nitrogens with one attached hydrogen (secondary N) is 1. The van der Waals surface area contributed by atoms with Crippen molar-refractivity contribution in [2.24, 2.45) is 0 Å². The first-order valence-corrected chi connectivity index (χ1v) is 6.04. The van der Waals surface area contributed by atoms with Crippen molar-refractivity contribution in [3.8, 4) is 0 Å². The summed E-state index contributed by atoms with van der Waals surface area (Å²) in [6.07, 6.45) is 5.83. The number of ether oxygens (including phenoxy) is 1. The molecule has 0 radical (unpaired) electrons. The molecule has 2 rings (SSSR count). The zero-order valence-corrected chi connectivity index (χ0v) is 10.3. The van der Waals surface area contributed by atoms with Gasteiger partial charge in [-0.3, -0.25) is 0 Å². The van der Waals surface area contributed by atoms with E-state index >= 15 is 0 Å². The van der Waals surface area contributed by atoms with Crippen molar-refractivity contribution in [1.82, 2.24) is 0 Å². The molecule has 0 bridgehead atoms. The second-order valence-electron chi connectivity index (χ2n) is 3.71. The Hall–Kier alpha value is -1.03. The van der Waals surface area contributed by atoms with Gasteiger partial charge in [0.15, 0.2) is 0 Å². The molecule has 0 saturated heterocycles. The van der Waals surface area contributed by atoms with Gasteiger partial charge in [0.2, 0.25) is 0 Å². The molecule has 86 valence electrons. The van der Waals surface area contributed by atoms with E-state index in [9.17, 15) is 4.39 Å². The monoisotopic (exact) mass is 285 g/mol. The predicted octanol–water partition coefficient (Wildman–Crippen LogP) is 3.69. The van der Waals surface area contributed by atoms with Gasteiger partial charge in [0.1, 0.15) is 11.9 Å². The average molecular weight is 286 g/mol. The molecule has 1 unspecified atom stereocenters. The van der Waals surface area contributed by atoms with Gasteiger partial charge in [0, 0.05) is 4.47 Å². The first-order chi connectivity index (χ1) is 7.75. The quantitative estimate of drug-likeness (QED) is 0.915. The van der Waals surface area contributed by atoms with Crippen molar-refractivity contribution in [1.29, 1.82) is 0 Å². The Morgan fingerprint density at radius 1 is 1.50 bits per heavy atom. The van der Waals surface area contributed by atoms with Gasteiger partial charge in [0.05, 0.1) is 18.5 Å². The Kier molecular flexibility index (Phi) is 3.83. The van der Waals surface area contributed by atoms with Gasteiger partial charge in [-0.25, -0.2) is 4.39 Å². The van der Waals surface area contributed by atoms with Gasteiger partial charge in [-0.05, 0) is 37.1 Å². The Balaban J connectivity index is 1.93. The van der Waals surface area contributed by atoms with E-state index in [4.69, 9.17) is 4.74 Å². The molecular weight excluding hydrogens is 273 g/mol. The summed E-state index contributed by atoms with van der Waals surface area (Å²) in [5.74, 6) is -0.241. The third-order valence-corrected chi connectivity index (χ3v) is 2.96. The lowest BCUT2D eigenvalue weighted by Gasteiger charge is -2.20. The number of anilines is 1. The van der Waals surface area contributed by atoms with Crippen LogP contribution in [0.4, 0.5) is 10.1 Å². The highest BCUT2D eigenvalue weighted by atomic mass is 79.9. The zero-order chi connectivity index (χ0) is 11.4. The molecule has 1 aliphatic heterocycles. The Labute approximate surface area is 103 Å². The molecule has 0 aromatic heterocycles. The number of rotatable bonds is 3. The van der Waals surface area contributed by atoms with Crippen LogP contribution in [0.3, 0.4) is 0 Å². The van der Waals surface area contributed by atoms with Crippen molar-refractivity contribution in [3.63, 3.8) is 0 Å². The lowest BCUT2D eigenvalue weighted by molar-refractivity contribution is 0.135. The van der Waals surface area contributed by atoms with Crippen molar-refractivity contribution in [2.45, 2.75) is 18.9 Å². The standard InChI is InChI=1S/C12H13BrFNO/c13-9-4-5-11(14)12(7-9)15-8-10-3-1-2-6-16-10/h2,4-7,10,15H,1,3,8H2. The first-order valence-electron chi connectivity index (χ1n) is 5.25. The van der Waals surface area contributed by atoms with Crippen LogP contribution in [0.2, 0.25) is 0 Å². The minimum atomic E-state index is -0.241. The fourth-order valence-corrected chi connectivity index (χ4v) is 1.95. The number of allylic oxidation sites excluding steroid dienone is 1. The SMILES string of the molecule is Fc1ccc(Br)cc1NCC1CCC=CO1. The maximum Gasteiger partial charge on any atom is 0.146 e. The van der Waals surface area contributed by atoms with E-state index in [0.29, 0.717) is 12.2 Å². The Bertz CT molecular complexity index is 395. The third kappa shape index (κ3) is 2.98. The van der Waals surface area contributed by atoms with E-state index in [-0.39, 0.29) is 11.9 Å². The largest absolute Gasteiger partial charge is 0.497 e. The minimum absolute atomic E-state index is 0.128. The Morgan fingerprint density at radius 2 is 2.38 bits per heavy atom. The highest BCUT2D eigenvalue weighted by Crippen LogP contribution is 2.20. The van der Waals surface area contributed by atoms with Gasteiger partial charge in [-0.1, -0.05) is 15.9 Å². The van der Waals surface area contributed by atoms with Crippen LogP contribution < -0.4 is 5.32 Å². The molecular formula is C12H13BrFNO. The molecule has 2 nitrogen and oxygen atoms in total. The smallest absolute Gasteiger partial charge is 0.146 e. The van der Waals surface area contributed by atoms with Crippen LogP contribution in [-0.4, -0.2) is 12.6 Å².